The smallest absolute Gasteiger partial charge is 0.362 e. The van der Waals surface area contributed by atoms with Gasteiger partial charge in [0.2, 0.25) is 0 Å². The van der Waals surface area contributed by atoms with Crippen molar-refractivity contribution in [3.8, 4) is 0 Å². The van der Waals surface area contributed by atoms with E-state index in [1.165, 1.54) is 0 Å². The van der Waals surface area contributed by atoms with Crippen LogP contribution in [-0.4, -0.2) is 16.7 Å². The maximum Gasteiger partial charge on any atom is 0.416 e. The van der Waals surface area contributed by atoms with E-state index >= 15 is 0 Å². The molecule has 0 spiro atoms. The Hall–Kier alpha value is -3.13. The number of aromatic nitrogens is 1. The van der Waals surface area contributed by atoms with Gasteiger partial charge in [0.05, 0.1) is 27.9 Å². The van der Waals surface area contributed by atoms with Gasteiger partial charge in [0.25, 0.3) is 5.91 Å². The van der Waals surface area contributed by atoms with E-state index in [0.717, 1.165) is 23.9 Å². The third-order valence-corrected chi connectivity index (χ3v) is 6.34. The van der Waals surface area contributed by atoms with E-state index in [0.29, 0.717) is 29.8 Å². The molecule has 0 bridgehead atoms. The number of hydrogen-bond acceptors (Lipinski definition) is 4. The highest BCUT2D eigenvalue weighted by Crippen LogP contribution is 2.46. The number of nitrogens with zero attached hydrogens (tertiary/aromatic N) is 1. The number of hydrogen-bond donors (Lipinski definition) is 2. The molecule has 2 aliphatic rings. The molecule has 0 fully saturated rings. The summed E-state index contributed by atoms with van der Waals surface area (Å²) in [5, 5.41) is 5.69. The molecule has 2 N–H and O–H groups in total. The topological polar surface area (TPSA) is 71.1 Å². The Morgan fingerprint density at radius 1 is 1.21 bits per heavy atom. The first-order chi connectivity index (χ1) is 15.9. The summed E-state index contributed by atoms with van der Waals surface area (Å²) in [6.45, 7) is 5.71. The van der Waals surface area contributed by atoms with Crippen molar-refractivity contribution in [3.05, 3.63) is 81.4 Å². The van der Waals surface area contributed by atoms with Crippen molar-refractivity contribution < 1.29 is 22.8 Å². The highest BCUT2D eigenvalue weighted by atomic mass is 35.5. The fourth-order valence-corrected chi connectivity index (χ4v) is 4.73. The van der Waals surface area contributed by atoms with E-state index in [2.05, 4.69) is 15.6 Å². The number of carbonyl (C=O) groups is 2. The van der Waals surface area contributed by atoms with E-state index in [9.17, 15) is 22.8 Å². The second-order valence-electron chi connectivity index (χ2n) is 9.33. The molecule has 9 heteroatoms. The minimum absolute atomic E-state index is 0.0341. The molecule has 1 atom stereocenters. The standard InChI is InChI=1S/C25H23ClF3N3O2/c1-13-20(23(34)32-17-10-14(25(27,28)29)7-8-15(17)26)22(16-6-4-5-9-30-16)21-18(31-13)11-24(2,3)12-19(21)33/h4-10,22,31H,11-12H2,1-3H3,(H,32,34). The molecule has 2 heterocycles. The van der Waals surface area contributed by atoms with Crippen LogP contribution in [0.25, 0.3) is 0 Å². The molecule has 0 saturated heterocycles. The quantitative estimate of drug-likeness (QED) is 0.555. The Bertz CT molecular complexity index is 1230. The monoisotopic (exact) mass is 489 g/mol. The van der Waals surface area contributed by atoms with Crippen molar-refractivity contribution in [2.24, 2.45) is 5.41 Å². The number of rotatable bonds is 3. The Labute approximate surface area is 200 Å². The maximum atomic E-state index is 13.5. The molecule has 1 aromatic carbocycles. The molecule has 5 nitrogen and oxygen atoms in total. The Balaban J connectivity index is 1.78. The minimum atomic E-state index is -4.59. The molecule has 1 aliphatic heterocycles. The summed E-state index contributed by atoms with van der Waals surface area (Å²) in [5.74, 6) is -1.51. The molecule has 1 amide bonds. The van der Waals surface area contributed by atoms with Crippen molar-refractivity contribution in [1.29, 1.82) is 0 Å². The summed E-state index contributed by atoms with van der Waals surface area (Å²) >= 11 is 6.09. The van der Waals surface area contributed by atoms with Gasteiger partial charge in [-0.15, -0.1) is 0 Å². The van der Waals surface area contributed by atoms with Gasteiger partial charge in [-0.2, -0.15) is 13.2 Å². The fourth-order valence-electron chi connectivity index (χ4n) is 4.57. The molecule has 4 rings (SSSR count). The highest BCUT2D eigenvalue weighted by molar-refractivity contribution is 6.34. The summed E-state index contributed by atoms with van der Waals surface area (Å²) in [6, 6.07) is 7.94. The number of anilines is 1. The molecule has 0 saturated carbocycles. The van der Waals surface area contributed by atoms with Gasteiger partial charge in [-0.05, 0) is 49.1 Å². The minimum Gasteiger partial charge on any atom is -0.362 e. The third-order valence-electron chi connectivity index (χ3n) is 6.01. The summed E-state index contributed by atoms with van der Waals surface area (Å²) in [4.78, 5) is 31.1. The van der Waals surface area contributed by atoms with E-state index in [1.54, 1.807) is 31.3 Å². The maximum absolute atomic E-state index is 13.5. The van der Waals surface area contributed by atoms with E-state index in [4.69, 9.17) is 11.6 Å². The molecule has 178 valence electrons. The van der Waals surface area contributed by atoms with Crippen LogP contribution in [0.2, 0.25) is 5.02 Å². The predicted octanol–water partition coefficient (Wildman–Crippen LogP) is 6.00. The number of benzene rings is 1. The Morgan fingerprint density at radius 3 is 2.59 bits per heavy atom. The van der Waals surface area contributed by atoms with Gasteiger partial charge in [-0.3, -0.25) is 14.6 Å². The van der Waals surface area contributed by atoms with Crippen molar-refractivity contribution in [2.45, 2.75) is 45.7 Å². The van der Waals surface area contributed by atoms with Gasteiger partial charge in [-0.1, -0.05) is 31.5 Å². The SMILES string of the molecule is CC1=C(C(=O)Nc2cc(C(F)(F)F)ccc2Cl)C(c2ccccn2)C2=C(CC(C)(C)CC2=O)N1. The first-order valence-corrected chi connectivity index (χ1v) is 11.1. The van der Waals surface area contributed by atoms with Crippen LogP contribution in [0.4, 0.5) is 18.9 Å². The summed E-state index contributed by atoms with van der Waals surface area (Å²) in [6.07, 6.45) is -2.10. The largest absolute Gasteiger partial charge is 0.416 e. The Kier molecular flexibility index (Phi) is 6.06. The first-order valence-electron chi connectivity index (χ1n) is 10.7. The number of amides is 1. The lowest BCUT2D eigenvalue weighted by molar-refractivity contribution is -0.137. The summed E-state index contributed by atoms with van der Waals surface area (Å²) in [7, 11) is 0. The van der Waals surface area contributed by atoms with Crippen LogP contribution >= 0.6 is 11.6 Å². The van der Waals surface area contributed by atoms with Crippen molar-refractivity contribution in [1.82, 2.24) is 10.3 Å². The number of nitrogens with one attached hydrogen (secondary N) is 2. The number of dihydropyridines is 1. The second kappa shape index (κ2) is 8.58. The second-order valence-corrected chi connectivity index (χ2v) is 9.74. The highest BCUT2D eigenvalue weighted by Gasteiger charge is 2.43. The molecular weight excluding hydrogens is 467 g/mol. The number of pyridine rings is 1. The lowest BCUT2D eigenvalue weighted by Gasteiger charge is -2.39. The van der Waals surface area contributed by atoms with Gasteiger partial charge in [-0.25, -0.2) is 0 Å². The van der Waals surface area contributed by atoms with Gasteiger partial charge in [0.15, 0.2) is 5.78 Å². The average Bonchev–Trinajstić information content (AvgIpc) is 2.73. The van der Waals surface area contributed by atoms with Crippen LogP contribution < -0.4 is 10.6 Å². The summed E-state index contributed by atoms with van der Waals surface area (Å²) < 4.78 is 39.6. The molecule has 2 aromatic rings. The number of halogens is 4. The molecule has 1 unspecified atom stereocenters. The van der Waals surface area contributed by atoms with Crippen LogP contribution in [0.3, 0.4) is 0 Å². The predicted molar refractivity (Wildman–Crippen MR) is 123 cm³/mol. The van der Waals surface area contributed by atoms with Gasteiger partial charge < -0.3 is 10.6 Å². The summed E-state index contributed by atoms with van der Waals surface area (Å²) in [5.41, 5.74) is 1.06. The van der Waals surface area contributed by atoms with Crippen molar-refractivity contribution in [2.75, 3.05) is 5.32 Å². The van der Waals surface area contributed by atoms with Crippen LogP contribution in [0.1, 0.15) is 50.8 Å². The number of carbonyl (C=O) groups excluding carboxylic acids is 2. The van der Waals surface area contributed by atoms with E-state index < -0.39 is 23.6 Å². The number of Topliss-reactive ketones (excluding diaryl/α,β-unsaturated/α-hetero) is 1. The lowest BCUT2D eigenvalue weighted by atomic mass is 9.69. The van der Waals surface area contributed by atoms with Gasteiger partial charge >= 0.3 is 6.18 Å². The molecule has 1 aliphatic carbocycles. The first kappa shape index (κ1) is 24.0. The van der Waals surface area contributed by atoms with Gasteiger partial charge in [0, 0.05) is 35.2 Å². The van der Waals surface area contributed by atoms with Crippen LogP contribution in [0, 0.1) is 5.41 Å². The zero-order chi connectivity index (χ0) is 24.8. The average molecular weight is 490 g/mol. The van der Waals surface area contributed by atoms with Crippen LogP contribution in [0.5, 0.6) is 0 Å². The molecule has 1 aromatic heterocycles. The van der Waals surface area contributed by atoms with Crippen LogP contribution in [0.15, 0.2) is 65.1 Å². The fraction of sp³-hybridized carbons (Fsp3) is 0.320. The molecule has 0 radical (unpaired) electrons. The van der Waals surface area contributed by atoms with Crippen LogP contribution in [-0.2, 0) is 15.8 Å². The number of ketones is 1. The molecular formula is C25H23ClF3N3O2. The number of alkyl halides is 3. The van der Waals surface area contributed by atoms with Crippen molar-refractivity contribution >= 4 is 29.0 Å². The Morgan fingerprint density at radius 2 is 1.94 bits per heavy atom. The zero-order valence-electron chi connectivity index (χ0n) is 18.8. The zero-order valence-corrected chi connectivity index (χ0v) is 19.6. The third kappa shape index (κ3) is 4.59. The normalized spacial score (nSPS) is 20.1. The number of allylic oxidation sites excluding steroid dienone is 3. The van der Waals surface area contributed by atoms with E-state index in [-0.39, 0.29) is 27.5 Å². The lowest BCUT2D eigenvalue weighted by Crippen LogP contribution is -2.39. The molecule has 34 heavy (non-hydrogen) atoms. The van der Waals surface area contributed by atoms with Gasteiger partial charge in [0.1, 0.15) is 0 Å². The van der Waals surface area contributed by atoms with E-state index in [1.807, 2.05) is 13.8 Å². The van der Waals surface area contributed by atoms with Crippen molar-refractivity contribution in [3.63, 3.8) is 0 Å².